The summed E-state index contributed by atoms with van der Waals surface area (Å²) in [4.78, 5) is 32.4. The van der Waals surface area contributed by atoms with Gasteiger partial charge in [-0.3, -0.25) is 14.4 Å². The molecule has 0 spiro atoms. The van der Waals surface area contributed by atoms with Crippen LogP contribution in [0.3, 0.4) is 0 Å². The Morgan fingerprint density at radius 2 is 1.88 bits per heavy atom. The van der Waals surface area contributed by atoms with Crippen LogP contribution < -0.4 is 16.6 Å². The molecule has 0 saturated heterocycles. The molecular weight excluding hydrogens is 234 g/mol. The second kappa shape index (κ2) is 3.91. The fourth-order valence-electron chi connectivity index (χ4n) is 1.08. The van der Waals surface area contributed by atoms with Crippen LogP contribution in [0.15, 0.2) is 14.5 Å². The SMILES string of the molecule is CC(C)(Sc1c(O)c(=O)c1=O)[C@H](N)C(=O)O. The van der Waals surface area contributed by atoms with Crippen molar-refractivity contribution in [2.24, 2.45) is 5.73 Å². The normalized spacial score (nSPS) is 13.9. The Kier molecular flexibility index (Phi) is 3.11. The molecule has 0 amide bonds. The van der Waals surface area contributed by atoms with E-state index < -0.39 is 33.4 Å². The van der Waals surface area contributed by atoms with Crippen molar-refractivity contribution in [2.75, 3.05) is 0 Å². The Labute approximate surface area is 94.8 Å². The number of aromatic hydroxyl groups is 1. The van der Waals surface area contributed by atoms with Gasteiger partial charge in [-0.15, -0.1) is 11.8 Å². The first-order valence-corrected chi connectivity index (χ1v) is 5.20. The third-order valence-corrected chi connectivity index (χ3v) is 3.59. The highest BCUT2D eigenvalue weighted by molar-refractivity contribution is 8.00. The minimum Gasteiger partial charge on any atom is -0.503 e. The zero-order valence-electron chi connectivity index (χ0n) is 8.68. The molecule has 0 heterocycles. The van der Waals surface area contributed by atoms with Gasteiger partial charge < -0.3 is 15.9 Å². The van der Waals surface area contributed by atoms with Crippen molar-refractivity contribution in [1.29, 1.82) is 0 Å². The lowest BCUT2D eigenvalue weighted by atomic mass is 10.1. The Balaban J connectivity index is 2.95. The molecule has 88 valence electrons. The van der Waals surface area contributed by atoms with E-state index in [-0.39, 0.29) is 4.90 Å². The number of carboxylic acids is 1. The van der Waals surface area contributed by atoms with Gasteiger partial charge in [0.05, 0.1) is 0 Å². The van der Waals surface area contributed by atoms with Crippen molar-refractivity contribution in [3.8, 4) is 5.75 Å². The molecule has 6 nitrogen and oxygen atoms in total. The second-order valence-corrected chi connectivity index (χ2v) is 5.52. The Morgan fingerprint density at radius 3 is 2.25 bits per heavy atom. The largest absolute Gasteiger partial charge is 0.503 e. The number of thioether (sulfide) groups is 1. The summed E-state index contributed by atoms with van der Waals surface area (Å²) in [5.41, 5.74) is 3.69. The van der Waals surface area contributed by atoms with E-state index in [1.807, 2.05) is 0 Å². The van der Waals surface area contributed by atoms with Crippen LogP contribution in [0.2, 0.25) is 0 Å². The zero-order valence-corrected chi connectivity index (χ0v) is 9.50. The molecule has 0 aliphatic rings. The second-order valence-electron chi connectivity index (χ2n) is 3.86. The molecule has 1 aromatic carbocycles. The van der Waals surface area contributed by atoms with E-state index in [0.29, 0.717) is 0 Å². The molecule has 0 radical (unpaired) electrons. The van der Waals surface area contributed by atoms with Gasteiger partial charge >= 0.3 is 5.97 Å². The number of nitrogens with two attached hydrogens (primary N) is 1. The van der Waals surface area contributed by atoms with E-state index in [4.69, 9.17) is 15.9 Å². The van der Waals surface area contributed by atoms with Crippen molar-refractivity contribution in [3.05, 3.63) is 20.4 Å². The highest BCUT2D eigenvalue weighted by Crippen LogP contribution is 2.36. The van der Waals surface area contributed by atoms with Gasteiger partial charge in [0.2, 0.25) is 5.43 Å². The Morgan fingerprint density at radius 1 is 1.38 bits per heavy atom. The molecule has 0 aliphatic heterocycles. The summed E-state index contributed by atoms with van der Waals surface area (Å²) in [6.07, 6.45) is 0. The first kappa shape index (κ1) is 12.7. The number of hydrogen-bond acceptors (Lipinski definition) is 6. The standard InChI is InChI=1S/C9H11NO5S/c1-9(2,7(10)8(14)15)16-6-4(12)3(11)5(6)13/h7,12H,10H2,1-2H3,(H,14,15)/t7-/m1/s1. The van der Waals surface area contributed by atoms with Crippen molar-refractivity contribution >= 4 is 17.7 Å². The van der Waals surface area contributed by atoms with Crippen LogP contribution in [-0.2, 0) is 4.79 Å². The molecule has 1 atom stereocenters. The lowest BCUT2D eigenvalue weighted by molar-refractivity contribution is -0.139. The molecule has 16 heavy (non-hydrogen) atoms. The van der Waals surface area contributed by atoms with Crippen molar-refractivity contribution in [1.82, 2.24) is 0 Å². The molecule has 7 heteroatoms. The smallest absolute Gasteiger partial charge is 0.321 e. The summed E-state index contributed by atoms with van der Waals surface area (Å²) in [5.74, 6) is -1.82. The van der Waals surface area contributed by atoms with Crippen LogP contribution in [-0.4, -0.2) is 27.0 Å². The van der Waals surface area contributed by atoms with E-state index in [1.54, 1.807) is 0 Å². The van der Waals surface area contributed by atoms with Gasteiger partial charge in [0, 0.05) is 4.75 Å². The molecule has 0 saturated carbocycles. The topological polar surface area (TPSA) is 118 Å². The lowest BCUT2D eigenvalue weighted by Gasteiger charge is -2.28. The van der Waals surface area contributed by atoms with Crippen molar-refractivity contribution in [2.45, 2.75) is 29.5 Å². The first-order chi connectivity index (χ1) is 7.18. The fourth-order valence-corrected chi connectivity index (χ4v) is 2.21. The third-order valence-electron chi connectivity index (χ3n) is 2.22. The monoisotopic (exact) mass is 245 g/mol. The fraction of sp³-hybridized carbons (Fsp3) is 0.444. The Hall–Kier alpha value is -1.34. The summed E-state index contributed by atoms with van der Waals surface area (Å²) < 4.78 is -0.995. The van der Waals surface area contributed by atoms with Crippen molar-refractivity contribution < 1.29 is 15.0 Å². The Bertz CT molecular complexity index is 500. The van der Waals surface area contributed by atoms with Crippen LogP contribution >= 0.6 is 11.8 Å². The maximum atomic E-state index is 11.1. The number of aliphatic carboxylic acids is 1. The first-order valence-electron chi connectivity index (χ1n) is 4.38. The van der Waals surface area contributed by atoms with E-state index in [2.05, 4.69) is 0 Å². The molecule has 0 aliphatic carbocycles. The highest BCUT2D eigenvalue weighted by Gasteiger charge is 2.36. The van der Waals surface area contributed by atoms with Gasteiger partial charge in [0.25, 0.3) is 5.43 Å². The van der Waals surface area contributed by atoms with Crippen LogP contribution in [0, 0.1) is 0 Å². The third kappa shape index (κ3) is 1.96. The average Bonchev–Trinajstić information content (AvgIpc) is 2.23. The maximum absolute atomic E-state index is 11.1. The molecule has 0 bridgehead atoms. The predicted molar refractivity (Wildman–Crippen MR) is 58.6 cm³/mol. The van der Waals surface area contributed by atoms with Crippen LogP contribution in [0.5, 0.6) is 5.75 Å². The van der Waals surface area contributed by atoms with E-state index in [0.717, 1.165) is 11.8 Å². The molecule has 1 rings (SSSR count). The summed E-state index contributed by atoms with van der Waals surface area (Å²) in [7, 11) is 0. The quantitative estimate of drug-likeness (QED) is 0.472. The predicted octanol–water partition coefficient (Wildman–Crippen LogP) is -0.729. The van der Waals surface area contributed by atoms with E-state index in [9.17, 15) is 14.4 Å². The highest BCUT2D eigenvalue weighted by atomic mass is 32.2. The van der Waals surface area contributed by atoms with Gasteiger partial charge in [-0.05, 0) is 13.8 Å². The van der Waals surface area contributed by atoms with Gasteiger partial charge in [-0.1, -0.05) is 0 Å². The number of hydrogen-bond donors (Lipinski definition) is 3. The van der Waals surface area contributed by atoms with Crippen LogP contribution in [0.25, 0.3) is 0 Å². The minimum absolute atomic E-state index is 0.119. The average molecular weight is 245 g/mol. The summed E-state index contributed by atoms with van der Waals surface area (Å²) in [6.45, 7) is 3.04. The number of carbonyl (C=O) groups is 1. The maximum Gasteiger partial charge on any atom is 0.321 e. The molecule has 0 unspecified atom stereocenters. The molecule has 0 fully saturated rings. The molecule has 4 N–H and O–H groups in total. The molecular formula is C9H11NO5S. The van der Waals surface area contributed by atoms with Crippen molar-refractivity contribution in [3.63, 3.8) is 0 Å². The molecule has 0 aromatic heterocycles. The zero-order chi connectivity index (χ0) is 12.7. The number of carboxylic acid groups (broad SMARTS) is 1. The van der Waals surface area contributed by atoms with Gasteiger partial charge in [0.15, 0.2) is 5.75 Å². The summed E-state index contributed by atoms with van der Waals surface area (Å²) in [5, 5.41) is 17.9. The minimum atomic E-state index is -1.21. The lowest BCUT2D eigenvalue weighted by Crippen LogP contribution is -2.47. The van der Waals surface area contributed by atoms with Gasteiger partial charge in [-0.2, -0.15) is 0 Å². The van der Waals surface area contributed by atoms with Crippen LogP contribution in [0.1, 0.15) is 13.8 Å². The van der Waals surface area contributed by atoms with Gasteiger partial charge in [0.1, 0.15) is 10.9 Å². The van der Waals surface area contributed by atoms with Crippen LogP contribution in [0.4, 0.5) is 0 Å². The van der Waals surface area contributed by atoms with E-state index >= 15 is 0 Å². The van der Waals surface area contributed by atoms with E-state index in [1.165, 1.54) is 13.8 Å². The number of rotatable bonds is 4. The van der Waals surface area contributed by atoms with Gasteiger partial charge in [-0.25, -0.2) is 0 Å². The molecule has 1 aromatic rings. The summed E-state index contributed by atoms with van der Waals surface area (Å²) in [6, 6.07) is -1.21. The summed E-state index contributed by atoms with van der Waals surface area (Å²) >= 11 is 0.798.